The van der Waals surface area contributed by atoms with E-state index in [1.54, 1.807) is 11.9 Å². The Kier molecular flexibility index (Phi) is 2.52. The highest BCUT2D eigenvalue weighted by Crippen LogP contribution is 2.12. The molecule has 5 nitrogen and oxygen atoms in total. The topological polar surface area (TPSA) is 84.7 Å². The maximum absolute atomic E-state index is 11.0. The molecule has 1 atom stereocenters. The van der Waals surface area contributed by atoms with Gasteiger partial charge in [0.2, 0.25) is 5.91 Å². The van der Waals surface area contributed by atoms with Crippen LogP contribution in [-0.2, 0) is 4.79 Å². The number of carbonyl (C=O) groups is 1. The molecule has 1 unspecified atom stereocenters. The van der Waals surface area contributed by atoms with Crippen molar-refractivity contribution >= 4 is 11.9 Å². The lowest BCUT2D eigenvalue weighted by molar-refractivity contribution is -0.132. The van der Waals surface area contributed by atoms with Crippen LogP contribution in [0.15, 0.2) is 4.99 Å². The number of likely N-dealkylation sites (N-methyl/N-ethyl adjacent to an activating group) is 1. The quantitative estimate of drug-likeness (QED) is 0.386. The number of nitrogens with zero attached hydrogens (tertiary/aromatic N) is 2. The molecular formula is C7H14N4O. The lowest BCUT2D eigenvalue weighted by atomic mass is 10.1. The molecule has 0 aromatic carbocycles. The van der Waals surface area contributed by atoms with Gasteiger partial charge in [-0.15, -0.1) is 0 Å². The molecule has 1 heterocycles. The number of likely N-dealkylation sites (tertiary alicyclic amines) is 1. The molecule has 0 aromatic rings. The Labute approximate surface area is 71.4 Å². The molecule has 1 fully saturated rings. The highest BCUT2D eigenvalue weighted by atomic mass is 16.2. The van der Waals surface area contributed by atoms with Crippen LogP contribution in [0, 0.1) is 0 Å². The first-order valence-electron chi connectivity index (χ1n) is 3.92. The normalized spacial score (nSPS) is 23.9. The summed E-state index contributed by atoms with van der Waals surface area (Å²) in [7, 11) is 1.76. The largest absolute Gasteiger partial charge is 0.370 e. The molecule has 0 saturated carbocycles. The van der Waals surface area contributed by atoms with E-state index in [-0.39, 0.29) is 17.9 Å². The Morgan fingerprint density at radius 2 is 2.33 bits per heavy atom. The van der Waals surface area contributed by atoms with Crippen LogP contribution in [0.25, 0.3) is 0 Å². The number of amides is 1. The van der Waals surface area contributed by atoms with E-state index < -0.39 is 0 Å². The first-order valence-corrected chi connectivity index (χ1v) is 3.92. The summed E-state index contributed by atoms with van der Waals surface area (Å²) in [6.45, 7) is 0.622. The first kappa shape index (κ1) is 8.83. The maximum atomic E-state index is 11.0. The Morgan fingerprint density at radius 1 is 1.67 bits per heavy atom. The summed E-state index contributed by atoms with van der Waals surface area (Å²) in [6, 6.07) is 0.0812. The zero-order chi connectivity index (χ0) is 9.14. The Balaban J connectivity index is 2.51. The average molecular weight is 170 g/mol. The minimum atomic E-state index is 0.0812. The van der Waals surface area contributed by atoms with Crippen molar-refractivity contribution in [1.82, 2.24) is 4.90 Å². The fourth-order valence-corrected chi connectivity index (χ4v) is 1.31. The zero-order valence-corrected chi connectivity index (χ0v) is 7.16. The van der Waals surface area contributed by atoms with Gasteiger partial charge in [0.05, 0.1) is 6.04 Å². The van der Waals surface area contributed by atoms with Crippen molar-refractivity contribution in [2.24, 2.45) is 16.5 Å². The van der Waals surface area contributed by atoms with Crippen LogP contribution < -0.4 is 11.5 Å². The number of piperidine rings is 1. The van der Waals surface area contributed by atoms with Crippen LogP contribution in [0.4, 0.5) is 0 Å². The van der Waals surface area contributed by atoms with Gasteiger partial charge < -0.3 is 16.4 Å². The van der Waals surface area contributed by atoms with Gasteiger partial charge in [-0.1, -0.05) is 0 Å². The molecule has 1 aliphatic rings. The molecule has 0 aliphatic carbocycles. The van der Waals surface area contributed by atoms with Crippen LogP contribution >= 0.6 is 0 Å². The SMILES string of the molecule is CN1CC(N=C(N)N)CCC1=O. The van der Waals surface area contributed by atoms with Gasteiger partial charge in [-0.2, -0.15) is 0 Å². The summed E-state index contributed by atoms with van der Waals surface area (Å²) in [5.41, 5.74) is 10.5. The molecule has 0 aromatic heterocycles. The molecule has 0 bridgehead atoms. The predicted molar refractivity (Wildman–Crippen MR) is 46.5 cm³/mol. The summed E-state index contributed by atoms with van der Waals surface area (Å²) < 4.78 is 0. The average Bonchev–Trinajstić information content (AvgIpc) is 1.96. The number of hydrogen-bond donors (Lipinski definition) is 2. The van der Waals surface area contributed by atoms with Crippen molar-refractivity contribution in [2.45, 2.75) is 18.9 Å². The summed E-state index contributed by atoms with van der Waals surface area (Å²) in [5, 5.41) is 0. The second-order valence-electron chi connectivity index (χ2n) is 3.02. The van der Waals surface area contributed by atoms with E-state index in [1.165, 1.54) is 0 Å². The molecule has 68 valence electrons. The lowest BCUT2D eigenvalue weighted by Crippen LogP contribution is -2.40. The summed E-state index contributed by atoms with van der Waals surface area (Å²) in [4.78, 5) is 16.7. The third-order valence-electron chi connectivity index (χ3n) is 1.93. The molecule has 1 rings (SSSR count). The molecule has 1 saturated heterocycles. The van der Waals surface area contributed by atoms with Crippen molar-refractivity contribution in [1.29, 1.82) is 0 Å². The van der Waals surface area contributed by atoms with Crippen molar-refractivity contribution in [3.05, 3.63) is 0 Å². The van der Waals surface area contributed by atoms with Gasteiger partial charge in [-0.05, 0) is 6.42 Å². The minimum Gasteiger partial charge on any atom is -0.370 e. The fourth-order valence-electron chi connectivity index (χ4n) is 1.31. The second-order valence-corrected chi connectivity index (χ2v) is 3.02. The second kappa shape index (κ2) is 3.42. The van der Waals surface area contributed by atoms with Crippen molar-refractivity contribution in [3.63, 3.8) is 0 Å². The molecule has 5 heteroatoms. The van der Waals surface area contributed by atoms with Crippen LogP contribution in [0.1, 0.15) is 12.8 Å². The predicted octanol–water partition coefficient (Wildman–Crippen LogP) is -1.12. The van der Waals surface area contributed by atoms with Gasteiger partial charge in [0, 0.05) is 20.0 Å². The number of carbonyl (C=O) groups excluding carboxylic acids is 1. The number of aliphatic imine (C=N–C) groups is 1. The van der Waals surface area contributed by atoms with E-state index in [0.29, 0.717) is 13.0 Å². The monoisotopic (exact) mass is 170 g/mol. The van der Waals surface area contributed by atoms with Gasteiger partial charge >= 0.3 is 0 Å². The van der Waals surface area contributed by atoms with E-state index in [9.17, 15) is 4.79 Å². The van der Waals surface area contributed by atoms with Crippen LogP contribution in [0.3, 0.4) is 0 Å². The molecule has 0 spiro atoms. The van der Waals surface area contributed by atoms with Gasteiger partial charge in [-0.25, -0.2) is 4.99 Å². The van der Waals surface area contributed by atoms with Gasteiger partial charge in [-0.3, -0.25) is 4.79 Å². The highest BCUT2D eigenvalue weighted by Gasteiger charge is 2.21. The Morgan fingerprint density at radius 3 is 2.83 bits per heavy atom. The van der Waals surface area contributed by atoms with E-state index >= 15 is 0 Å². The summed E-state index contributed by atoms with van der Waals surface area (Å²) in [5.74, 6) is 0.264. The van der Waals surface area contributed by atoms with Crippen LogP contribution in [0.5, 0.6) is 0 Å². The maximum Gasteiger partial charge on any atom is 0.222 e. The van der Waals surface area contributed by atoms with Crippen LogP contribution in [0.2, 0.25) is 0 Å². The van der Waals surface area contributed by atoms with E-state index in [2.05, 4.69) is 4.99 Å². The Bertz CT molecular complexity index is 209. The third-order valence-corrected chi connectivity index (χ3v) is 1.93. The van der Waals surface area contributed by atoms with Crippen molar-refractivity contribution < 1.29 is 4.79 Å². The standard InChI is InChI=1S/C7H14N4O/c1-11-4-5(10-7(8)9)2-3-6(11)12/h5H,2-4H2,1H3,(H4,8,9,10). The molecule has 1 aliphatic heterocycles. The van der Waals surface area contributed by atoms with Crippen molar-refractivity contribution in [3.8, 4) is 0 Å². The molecule has 4 N–H and O–H groups in total. The van der Waals surface area contributed by atoms with Gasteiger partial charge in [0.1, 0.15) is 0 Å². The number of hydrogen-bond acceptors (Lipinski definition) is 2. The minimum absolute atomic E-state index is 0.0812. The molecule has 0 radical (unpaired) electrons. The fraction of sp³-hybridized carbons (Fsp3) is 0.714. The highest BCUT2D eigenvalue weighted by molar-refractivity contribution is 5.78. The number of guanidine groups is 1. The lowest BCUT2D eigenvalue weighted by Gasteiger charge is -2.27. The Hall–Kier alpha value is -1.26. The zero-order valence-electron chi connectivity index (χ0n) is 7.16. The molecular weight excluding hydrogens is 156 g/mol. The van der Waals surface area contributed by atoms with Crippen molar-refractivity contribution in [2.75, 3.05) is 13.6 Å². The van der Waals surface area contributed by atoms with E-state index in [4.69, 9.17) is 11.5 Å². The van der Waals surface area contributed by atoms with E-state index in [1.807, 2.05) is 0 Å². The van der Waals surface area contributed by atoms with Gasteiger partial charge in [0.15, 0.2) is 5.96 Å². The van der Waals surface area contributed by atoms with E-state index in [0.717, 1.165) is 6.42 Å². The summed E-state index contributed by atoms with van der Waals surface area (Å²) in [6.07, 6.45) is 1.29. The van der Waals surface area contributed by atoms with Gasteiger partial charge in [0.25, 0.3) is 0 Å². The smallest absolute Gasteiger partial charge is 0.222 e. The third kappa shape index (κ3) is 2.11. The number of nitrogens with two attached hydrogens (primary N) is 2. The molecule has 1 amide bonds. The molecule has 12 heavy (non-hydrogen) atoms. The first-order chi connectivity index (χ1) is 5.59. The summed E-state index contributed by atoms with van der Waals surface area (Å²) >= 11 is 0. The van der Waals surface area contributed by atoms with Crippen LogP contribution in [-0.4, -0.2) is 36.4 Å². The number of rotatable bonds is 1.